The number of piperazine rings is 1. The van der Waals surface area contributed by atoms with Crippen molar-refractivity contribution in [2.24, 2.45) is 5.73 Å². The number of amides is 1. The zero-order valence-electron chi connectivity index (χ0n) is 11.1. The van der Waals surface area contributed by atoms with Crippen LogP contribution >= 0.6 is 0 Å². The van der Waals surface area contributed by atoms with E-state index < -0.39 is 0 Å². The highest BCUT2D eigenvalue weighted by Gasteiger charge is 2.16. The maximum Gasteiger partial charge on any atom is 0.248 e. The summed E-state index contributed by atoms with van der Waals surface area (Å²) in [5.74, 6) is -0.389. The molecule has 1 aliphatic heterocycles. The van der Waals surface area contributed by atoms with Gasteiger partial charge in [0.25, 0.3) is 0 Å². The van der Waals surface area contributed by atoms with Crippen molar-refractivity contribution in [3.05, 3.63) is 29.8 Å². The minimum atomic E-state index is -0.389. The average Bonchev–Trinajstić information content (AvgIpc) is 2.46. The van der Waals surface area contributed by atoms with Crippen molar-refractivity contribution in [1.82, 2.24) is 4.90 Å². The molecule has 1 fully saturated rings. The fraction of sp³-hybridized carbons (Fsp3) is 0.500. The van der Waals surface area contributed by atoms with Crippen LogP contribution in [0.2, 0.25) is 0 Å². The molecule has 1 aromatic carbocycles. The summed E-state index contributed by atoms with van der Waals surface area (Å²) >= 11 is 0. The largest absolute Gasteiger partial charge is 0.396 e. The van der Waals surface area contributed by atoms with Crippen LogP contribution in [-0.2, 0) is 0 Å². The number of carbonyl (C=O) groups excluding carboxylic acids is 1. The first kappa shape index (κ1) is 13.8. The van der Waals surface area contributed by atoms with Crippen LogP contribution in [0.3, 0.4) is 0 Å². The van der Waals surface area contributed by atoms with E-state index in [2.05, 4.69) is 9.80 Å². The molecular formula is C14H21N3O2. The van der Waals surface area contributed by atoms with Crippen LogP contribution in [0.1, 0.15) is 16.8 Å². The summed E-state index contributed by atoms with van der Waals surface area (Å²) in [5.41, 5.74) is 6.91. The van der Waals surface area contributed by atoms with E-state index in [1.165, 1.54) is 0 Å². The fourth-order valence-electron chi connectivity index (χ4n) is 2.36. The van der Waals surface area contributed by atoms with Gasteiger partial charge in [0.05, 0.1) is 0 Å². The first-order valence-corrected chi connectivity index (χ1v) is 6.69. The fourth-order valence-corrected chi connectivity index (χ4v) is 2.36. The monoisotopic (exact) mass is 263 g/mol. The first-order valence-electron chi connectivity index (χ1n) is 6.69. The van der Waals surface area contributed by atoms with Crippen molar-refractivity contribution in [3.8, 4) is 0 Å². The molecule has 1 saturated heterocycles. The third-order valence-corrected chi connectivity index (χ3v) is 3.52. The van der Waals surface area contributed by atoms with Gasteiger partial charge in [-0.15, -0.1) is 0 Å². The summed E-state index contributed by atoms with van der Waals surface area (Å²) in [5, 5.41) is 8.82. The Morgan fingerprint density at radius 1 is 1.16 bits per heavy atom. The Balaban J connectivity index is 1.88. The Kier molecular flexibility index (Phi) is 4.76. The van der Waals surface area contributed by atoms with Gasteiger partial charge in [-0.05, 0) is 30.7 Å². The molecule has 5 heteroatoms. The van der Waals surface area contributed by atoms with Crippen LogP contribution in [0.15, 0.2) is 24.3 Å². The highest BCUT2D eigenvalue weighted by atomic mass is 16.3. The molecule has 0 spiro atoms. The van der Waals surface area contributed by atoms with Gasteiger partial charge in [-0.25, -0.2) is 0 Å². The van der Waals surface area contributed by atoms with Crippen molar-refractivity contribution in [2.45, 2.75) is 6.42 Å². The van der Waals surface area contributed by atoms with Gasteiger partial charge >= 0.3 is 0 Å². The van der Waals surface area contributed by atoms with Gasteiger partial charge in [0, 0.05) is 50.6 Å². The molecule has 2 rings (SSSR count). The third kappa shape index (κ3) is 3.68. The molecule has 0 radical (unpaired) electrons. The number of benzene rings is 1. The molecule has 19 heavy (non-hydrogen) atoms. The van der Waals surface area contributed by atoms with Crippen LogP contribution in [0.5, 0.6) is 0 Å². The molecule has 0 saturated carbocycles. The van der Waals surface area contributed by atoms with Crippen molar-refractivity contribution in [1.29, 1.82) is 0 Å². The number of carbonyl (C=O) groups is 1. The maximum absolute atomic E-state index is 11.0. The highest BCUT2D eigenvalue weighted by Crippen LogP contribution is 2.17. The molecule has 1 aromatic rings. The lowest BCUT2D eigenvalue weighted by Gasteiger charge is -2.36. The molecule has 5 nitrogen and oxygen atoms in total. The molecule has 3 N–H and O–H groups in total. The second kappa shape index (κ2) is 6.54. The van der Waals surface area contributed by atoms with E-state index in [4.69, 9.17) is 10.8 Å². The molecule has 1 amide bonds. The number of hydrogen-bond acceptors (Lipinski definition) is 4. The minimum Gasteiger partial charge on any atom is -0.396 e. The number of aliphatic hydroxyl groups is 1. The van der Waals surface area contributed by atoms with E-state index in [0.717, 1.165) is 44.8 Å². The Morgan fingerprint density at radius 3 is 2.32 bits per heavy atom. The molecule has 0 aliphatic carbocycles. The molecular weight excluding hydrogens is 242 g/mol. The summed E-state index contributed by atoms with van der Waals surface area (Å²) in [7, 11) is 0. The summed E-state index contributed by atoms with van der Waals surface area (Å²) in [6.07, 6.45) is 0.841. The summed E-state index contributed by atoms with van der Waals surface area (Å²) in [4.78, 5) is 15.7. The van der Waals surface area contributed by atoms with Crippen molar-refractivity contribution >= 4 is 11.6 Å². The van der Waals surface area contributed by atoms with E-state index in [-0.39, 0.29) is 12.5 Å². The Morgan fingerprint density at radius 2 is 1.79 bits per heavy atom. The van der Waals surface area contributed by atoms with Crippen LogP contribution in [0.4, 0.5) is 5.69 Å². The van der Waals surface area contributed by atoms with Crippen LogP contribution in [0, 0.1) is 0 Å². The number of aliphatic hydroxyl groups excluding tert-OH is 1. The second-order valence-corrected chi connectivity index (χ2v) is 4.82. The first-order chi connectivity index (χ1) is 9.20. The predicted molar refractivity (Wildman–Crippen MR) is 75.3 cm³/mol. The highest BCUT2D eigenvalue weighted by molar-refractivity contribution is 5.93. The second-order valence-electron chi connectivity index (χ2n) is 4.82. The van der Waals surface area contributed by atoms with E-state index in [9.17, 15) is 4.79 Å². The van der Waals surface area contributed by atoms with Crippen molar-refractivity contribution in [2.75, 3.05) is 44.2 Å². The van der Waals surface area contributed by atoms with Gasteiger partial charge in [0.2, 0.25) is 5.91 Å². The van der Waals surface area contributed by atoms with E-state index in [1.54, 1.807) is 12.1 Å². The number of nitrogens with zero attached hydrogens (tertiary/aromatic N) is 2. The Hall–Kier alpha value is -1.59. The lowest BCUT2D eigenvalue weighted by atomic mass is 10.1. The molecule has 0 atom stereocenters. The zero-order chi connectivity index (χ0) is 13.7. The molecule has 0 aromatic heterocycles. The summed E-state index contributed by atoms with van der Waals surface area (Å²) in [6, 6.07) is 7.44. The van der Waals surface area contributed by atoms with E-state index in [1.807, 2.05) is 12.1 Å². The smallest absolute Gasteiger partial charge is 0.248 e. The maximum atomic E-state index is 11.0. The molecule has 104 valence electrons. The molecule has 1 heterocycles. The molecule has 0 unspecified atom stereocenters. The lowest BCUT2D eigenvalue weighted by molar-refractivity contribution is 0.100. The van der Waals surface area contributed by atoms with Crippen LogP contribution in [0.25, 0.3) is 0 Å². The van der Waals surface area contributed by atoms with Crippen molar-refractivity contribution < 1.29 is 9.90 Å². The van der Waals surface area contributed by atoms with E-state index >= 15 is 0 Å². The number of primary amides is 1. The standard InChI is InChI=1S/C14H21N3O2/c15-14(19)12-2-4-13(5-3-12)17-9-7-16(8-10-17)6-1-11-18/h2-5,18H,1,6-11H2,(H2,15,19). The number of rotatable bonds is 5. The topological polar surface area (TPSA) is 69.8 Å². The van der Waals surface area contributed by atoms with Gasteiger partial charge in [-0.2, -0.15) is 0 Å². The number of hydrogen-bond donors (Lipinski definition) is 2. The van der Waals surface area contributed by atoms with E-state index in [0.29, 0.717) is 5.56 Å². The molecule has 1 aliphatic rings. The zero-order valence-corrected chi connectivity index (χ0v) is 11.1. The third-order valence-electron chi connectivity index (χ3n) is 3.52. The van der Waals surface area contributed by atoms with Gasteiger partial charge < -0.3 is 15.7 Å². The van der Waals surface area contributed by atoms with Gasteiger partial charge in [-0.3, -0.25) is 9.69 Å². The van der Waals surface area contributed by atoms with Crippen molar-refractivity contribution in [3.63, 3.8) is 0 Å². The quantitative estimate of drug-likeness (QED) is 0.801. The van der Waals surface area contributed by atoms with Gasteiger partial charge in [-0.1, -0.05) is 0 Å². The summed E-state index contributed by atoms with van der Waals surface area (Å²) in [6.45, 7) is 5.19. The normalized spacial score (nSPS) is 16.6. The SMILES string of the molecule is NC(=O)c1ccc(N2CCN(CCCO)CC2)cc1. The average molecular weight is 263 g/mol. The Labute approximate surface area is 113 Å². The van der Waals surface area contributed by atoms with Gasteiger partial charge in [0.1, 0.15) is 0 Å². The van der Waals surface area contributed by atoms with Crippen LogP contribution in [-0.4, -0.2) is 55.2 Å². The molecule has 0 bridgehead atoms. The summed E-state index contributed by atoms with van der Waals surface area (Å²) < 4.78 is 0. The Bertz CT molecular complexity index is 411. The minimum absolute atomic E-state index is 0.259. The van der Waals surface area contributed by atoms with Crippen LogP contribution < -0.4 is 10.6 Å². The number of anilines is 1. The number of nitrogens with two attached hydrogens (primary N) is 1. The van der Waals surface area contributed by atoms with Gasteiger partial charge in [0.15, 0.2) is 0 Å². The lowest BCUT2D eigenvalue weighted by Crippen LogP contribution is -2.46. The predicted octanol–water partition coefficient (Wildman–Crippen LogP) is 0.290.